The van der Waals surface area contributed by atoms with Crippen molar-refractivity contribution in [2.24, 2.45) is 17.1 Å². The number of benzene rings is 1. The monoisotopic (exact) mass is 338 g/mol. The van der Waals surface area contributed by atoms with Crippen molar-refractivity contribution in [3.8, 4) is 0 Å². The number of nitrogens with two attached hydrogens (primary N) is 1. The maximum Gasteiger partial charge on any atom is 0.0507 e. The first kappa shape index (κ1) is 16.0. The summed E-state index contributed by atoms with van der Waals surface area (Å²) in [6.45, 7) is 11.5. The van der Waals surface area contributed by atoms with Crippen molar-refractivity contribution in [3.63, 3.8) is 0 Å². The fourth-order valence-corrected chi connectivity index (χ4v) is 3.79. The molecule has 1 aromatic carbocycles. The molecule has 112 valence electrons. The highest BCUT2D eigenvalue weighted by Gasteiger charge is 2.36. The van der Waals surface area contributed by atoms with E-state index < -0.39 is 0 Å². The zero-order chi connectivity index (χ0) is 14.9. The van der Waals surface area contributed by atoms with Gasteiger partial charge in [-0.25, -0.2) is 0 Å². The van der Waals surface area contributed by atoms with Gasteiger partial charge in [-0.2, -0.15) is 0 Å². The number of hydrogen-bond donors (Lipinski definition) is 1. The molecule has 0 radical (unpaired) electrons. The van der Waals surface area contributed by atoms with Crippen LogP contribution < -0.4 is 5.73 Å². The van der Waals surface area contributed by atoms with Gasteiger partial charge in [0.1, 0.15) is 0 Å². The molecule has 3 atom stereocenters. The molecule has 2 rings (SSSR count). The average Bonchev–Trinajstić information content (AvgIpc) is 2.80. The molecule has 1 saturated heterocycles. The van der Waals surface area contributed by atoms with Crippen LogP contribution in [0.4, 0.5) is 0 Å². The van der Waals surface area contributed by atoms with Crippen LogP contribution >= 0.6 is 15.9 Å². The highest BCUT2D eigenvalue weighted by molar-refractivity contribution is 9.10. The number of hydrogen-bond acceptors (Lipinski definition) is 2. The van der Waals surface area contributed by atoms with Crippen molar-refractivity contribution >= 4 is 15.9 Å². The van der Waals surface area contributed by atoms with Crippen LogP contribution in [0.3, 0.4) is 0 Å². The fourth-order valence-electron chi connectivity index (χ4n) is 3.27. The topological polar surface area (TPSA) is 29.3 Å². The molecule has 1 aliphatic heterocycles. The smallest absolute Gasteiger partial charge is 0.0507 e. The summed E-state index contributed by atoms with van der Waals surface area (Å²) in [6.07, 6.45) is 1.27. The molecule has 0 bridgehead atoms. The molecule has 20 heavy (non-hydrogen) atoms. The Hall–Kier alpha value is -0.380. The third-order valence-electron chi connectivity index (χ3n) is 4.56. The third kappa shape index (κ3) is 3.44. The lowest BCUT2D eigenvalue weighted by molar-refractivity contribution is 0.180. The lowest BCUT2D eigenvalue weighted by Gasteiger charge is -2.33. The van der Waals surface area contributed by atoms with E-state index in [9.17, 15) is 0 Å². The van der Waals surface area contributed by atoms with E-state index in [-0.39, 0.29) is 6.04 Å². The van der Waals surface area contributed by atoms with E-state index in [4.69, 9.17) is 5.73 Å². The van der Waals surface area contributed by atoms with Crippen LogP contribution in [0.1, 0.15) is 45.7 Å². The van der Waals surface area contributed by atoms with Crippen molar-refractivity contribution in [1.82, 2.24) is 4.90 Å². The lowest BCUT2D eigenvalue weighted by atomic mass is 9.80. The van der Waals surface area contributed by atoms with Crippen molar-refractivity contribution in [2.75, 3.05) is 13.1 Å². The van der Waals surface area contributed by atoms with Gasteiger partial charge in [-0.1, -0.05) is 54.9 Å². The Morgan fingerprint density at radius 3 is 2.45 bits per heavy atom. The minimum absolute atomic E-state index is 0.132. The molecule has 3 heteroatoms. The molecular weight excluding hydrogens is 312 g/mol. The Balaban J connectivity index is 2.22. The van der Waals surface area contributed by atoms with Gasteiger partial charge < -0.3 is 5.73 Å². The summed E-state index contributed by atoms with van der Waals surface area (Å²) < 4.78 is 1.17. The van der Waals surface area contributed by atoms with E-state index in [0.29, 0.717) is 11.5 Å². The molecule has 3 unspecified atom stereocenters. The van der Waals surface area contributed by atoms with E-state index in [2.05, 4.69) is 72.8 Å². The van der Waals surface area contributed by atoms with Crippen LogP contribution in [0.5, 0.6) is 0 Å². The SMILES string of the molecule is CC(N)C(c1ccccc1Br)N1CCC(C(C)(C)C)C1. The molecule has 1 aliphatic rings. The number of nitrogens with zero attached hydrogens (tertiary/aromatic N) is 1. The number of halogens is 1. The average molecular weight is 339 g/mol. The standard InChI is InChI=1S/C17H27BrN2/c1-12(19)16(14-7-5-6-8-15(14)18)20-10-9-13(11-20)17(2,3)4/h5-8,12-13,16H,9-11,19H2,1-4H3. The second kappa shape index (κ2) is 6.17. The normalized spacial score (nSPS) is 23.8. The second-order valence-electron chi connectivity index (χ2n) is 7.17. The van der Waals surface area contributed by atoms with Gasteiger partial charge in [0.15, 0.2) is 0 Å². The maximum absolute atomic E-state index is 6.31. The van der Waals surface area contributed by atoms with E-state index in [1.807, 2.05) is 0 Å². The summed E-state index contributed by atoms with van der Waals surface area (Å²) in [4.78, 5) is 2.57. The van der Waals surface area contributed by atoms with E-state index in [0.717, 1.165) is 19.0 Å². The minimum Gasteiger partial charge on any atom is -0.326 e. The zero-order valence-electron chi connectivity index (χ0n) is 13.1. The first-order valence-corrected chi connectivity index (χ1v) is 8.34. The predicted octanol–water partition coefficient (Wildman–Crippen LogP) is 4.21. The van der Waals surface area contributed by atoms with Gasteiger partial charge in [-0.15, -0.1) is 0 Å². The van der Waals surface area contributed by atoms with Gasteiger partial charge in [0.25, 0.3) is 0 Å². The first-order chi connectivity index (χ1) is 9.30. The summed E-state index contributed by atoms with van der Waals surface area (Å²) in [6, 6.07) is 8.91. The van der Waals surface area contributed by atoms with Crippen LogP contribution in [0.15, 0.2) is 28.7 Å². The molecule has 0 saturated carbocycles. The molecule has 1 fully saturated rings. The highest BCUT2D eigenvalue weighted by atomic mass is 79.9. The van der Waals surface area contributed by atoms with E-state index in [1.165, 1.54) is 16.5 Å². The van der Waals surface area contributed by atoms with Crippen LogP contribution in [0.2, 0.25) is 0 Å². The van der Waals surface area contributed by atoms with Gasteiger partial charge >= 0.3 is 0 Å². The van der Waals surface area contributed by atoms with Gasteiger partial charge in [-0.05, 0) is 42.9 Å². The first-order valence-electron chi connectivity index (χ1n) is 7.54. The lowest BCUT2D eigenvalue weighted by Crippen LogP contribution is -2.39. The van der Waals surface area contributed by atoms with E-state index >= 15 is 0 Å². The van der Waals surface area contributed by atoms with Gasteiger partial charge in [0, 0.05) is 17.1 Å². The number of likely N-dealkylation sites (tertiary alicyclic amines) is 1. The second-order valence-corrected chi connectivity index (χ2v) is 8.03. The molecule has 0 aliphatic carbocycles. The summed E-state index contributed by atoms with van der Waals surface area (Å²) in [5.41, 5.74) is 8.01. The van der Waals surface area contributed by atoms with Gasteiger partial charge in [0.05, 0.1) is 6.04 Å². The van der Waals surface area contributed by atoms with Gasteiger partial charge in [0.2, 0.25) is 0 Å². The van der Waals surface area contributed by atoms with Gasteiger partial charge in [-0.3, -0.25) is 4.90 Å². The van der Waals surface area contributed by atoms with Crippen LogP contribution in [-0.2, 0) is 0 Å². The van der Waals surface area contributed by atoms with Crippen LogP contribution in [-0.4, -0.2) is 24.0 Å². The molecule has 0 amide bonds. The molecule has 1 heterocycles. The third-order valence-corrected chi connectivity index (χ3v) is 5.28. The maximum atomic E-state index is 6.31. The fraction of sp³-hybridized carbons (Fsp3) is 0.647. The molecule has 0 spiro atoms. The van der Waals surface area contributed by atoms with Crippen LogP contribution in [0, 0.1) is 11.3 Å². The Kier molecular flexibility index (Phi) is 4.93. The number of rotatable bonds is 3. The molecule has 2 N–H and O–H groups in total. The molecule has 0 aromatic heterocycles. The van der Waals surface area contributed by atoms with Crippen molar-refractivity contribution < 1.29 is 0 Å². The Morgan fingerprint density at radius 1 is 1.30 bits per heavy atom. The van der Waals surface area contributed by atoms with E-state index in [1.54, 1.807) is 0 Å². The largest absolute Gasteiger partial charge is 0.326 e. The van der Waals surface area contributed by atoms with Crippen molar-refractivity contribution in [1.29, 1.82) is 0 Å². The quantitative estimate of drug-likeness (QED) is 0.894. The summed E-state index contributed by atoms with van der Waals surface area (Å²) >= 11 is 3.68. The summed E-state index contributed by atoms with van der Waals surface area (Å²) in [5.74, 6) is 0.756. The summed E-state index contributed by atoms with van der Waals surface area (Å²) in [7, 11) is 0. The Morgan fingerprint density at radius 2 is 1.95 bits per heavy atom. The van der Waals surface area contributed by atoms with Crippen LogP contribution in [0.25, 0.3) is 0 Å². The summed E-state index contributed by atoms with van der Waals surface area (Å²) in [5, 5.41) is 0. The van der Waals surface area contributed by atoms with Crippen molar-refractivity contribution in [3.05, 3.63) is 34.3 Å². The predicted molar refractivity (Wildman–Crippen MR) is 89.7 cm³/mol. The molecular formula is C17H27BrN2. The molecule has 2 nitrogen and oxygen atoms in total. The highest BCUT2D eigenvalue weighted by Crippen LogP contribution is 2.39. The molecule has 1 aromatic rings. The Bertz CT molecular complexity index is 451. The zero-order valence-corrected chi connectivity index (χ0v) is 14.7. The Labute approximate surface area is 131 Å². The minimum atomic E-state index is 0.132. The van der Waals surface area contributed by atoms with Crippen molar-refractivity contribution in [2.45, 2.75) is 46.2 Å².